The predicted octanol–water partition coefficient (Wildman–Crippen LogP) is 8.87. The van der Waals surface area contributed by atoms with E-state index in [-0.39, 0.29) is 12.2 Å². The minimum Gasteiger partial charge on any atom is -0.497 e. The summed E-state index contributed by atoms with van der Waals surface area (Å²) in [4.78, 5) is 45.2. The average Bonchev–Trinajstić information content (AvgIpc) is 3.52. The lowest BCUT2D eigenvalue weighted by molar-refractivity contribution is -0.0869. The maximum Gasteiger partial charge on any atom is 0.510 e. The maximum absolute atomic E-state index is 16.6. The molecule has 1 aliphatic rings. The first-order valence-corrected chi connectivity index (χ1v) is 21.9. The van der Waals surface area contributed by atoms with Crippen LogP contribution in [0.1, 0.15) is 64.0 Å². The number of nitrogens with one attached hydrogen (secondary N) is 1. The van der Waals surface area contributed by atoms with E-state index in [0.29, 0.717) is 11.5 Å². The summed E-state index contributed by atoms with van der Waals surface area (Å²) < 4.78 is 79.1. The van der Waals surface area contributed by atoms with E-state index in [9.17, 15) is 24.5 Å². The fourth-order valence-corrected chi connectivity index (χ4v) is 8.48. The topological polar surface area (TPSA) is 230 Å². The van der Waals surface area contributed by atoms with E-state index in [4.69, 9.17) is 42.2 Å². The zero-order valence-corrected chi connectivity index (χ0v) is 37.3. The lowest BCUT2D eigenvalue weighted by Gasteiger charge is -2.37. The molecule has 1 aliphatic heterocycles. The molecule has 1 saturated heterocycles. The van der Waals surface area contributed by atoms with Crippen molar-refractivity contribution in [2.45, 2.75) is 76.8 Å². The molecule has 0 unspecified atom stereocenters. The highest BCUT2D eigenvalue weighted by atomic mass is 31.2. The molecule has 0 aliphatic carbocycles. The number of nitrogens with zero attached hydrogens (tertiary/aromatic N) is 5. The van der Waals surface area contributed by atoms with Crippen LogP contribution in [0.15, 0.2) is 101 Å². The summed E-state index contributed by atoms with van der Waals surface area (Å²) in [6.45, 7) is 5.53. The van der Waals surface area contributed by atoms with E-state index in [1.54, 1.807) is 41.9 Å². The van der Waals surface area contributed by atoms with Crippen LogP contribution in [0.2, 0.25) is 0 Å². The van der Waals surface area contributed by atoms with Crippen molar-refractivity contribution in [3.05, 3.63) is 129 Å². The van der Waals surface area contributed by atoms with Crippen molar-refractivity contribution in [2.75, 3.05) is 45.8 Å². The number of anilines is 1. The summed E-state index contributed by atoms with van der Waals surface area (Å²) >= 11 is 0. The van der Waals surface area contributed by atoms with E-state index in [1.807, 2.05) is 78.9 Å². The van der Waals surface area contributed by atoms with Gasteiger partial charge in [-0.3, -0.25) is 18.2 Å². The van der Waals surface area contributed by atoms with Gasteiger partial charge in [0.15, 0.2) is 12.4 Å². The number of carbonyl (C=O) groups is 2. The van der Waals surface area contributed by atoms with Crippen LogP contribution in [0.4, 0.5) is 19.8 Å². The predicted molar refractivity (Wildman–Crippen MR) is 230 cm³/mol. The molecule has 2 heterocycles. The number of carbonyl (C=O) groups excluding carboxylic acids is 2. The fraction of sp³-hybridized carbons (Fsp3) is 0.442. The number of aromatic nitrogens is 2. The van der Waals surface area contributed by atoms with Crippen molar-refractivity contribution in [3.63, 3.8) is 0 Å². The molecule has 0 radical (unpaired) electrons. The van der Waals surface area contributed by atoms with Crippen LogP contribution in [0.25, 0.3) is 10.4 Å². The summed E-state index contributed by atoms with van der Waals surface area (Å²) in [6.07, 6.45) is -6.37. The Morgan fingerprint density at radius 1 is 0.891 bits per heavy atom. The molecular weight excluding hydrogens is 858 g/mol. The molecule has 3 aromatic carbocycles. The molecule has 4 atom stereocenters. The first kappa shape index (κ1) is 48.9. The summed E-state index contributed by atoms with van der Waals surface area (Å²) in [7, 11) is -1.26. The zero-order valence-electron chi connectivity index (χ0n) is 36.5. The Morgan fingerprint density at radius 3 is 1.88 bits per heavy atom. The van der Waals surface area contributed by atoms with E-state index in [0.717, 1.165) is 21.3 Å². The second-order valence-electron chi connectivity index (χ2n) is 15.1. The molecule has 1 aromatic heterocycles. The molecule has 5 rings (SSSR count). The van der Waals surface area contributed by atoms with Gasteiger partial charge in [-0.2, -0.15) is 4.98 Å². The highest BCUT2D eigenvalue weighted by Gasteiger charge is 2.54. The lowest BCUT2D eigenvalue weighted by atomic mass is 9.77. The van der Waals surface area contributed by atoms with Gasteiger partial charge in [-0.25, -0.2) is 18.8 Å². The van der Waals surface area contributed by atoms with Crippen molar-refractivity contribution < 1.29 is 60.8 Å². The summed E-state index contributed by atoms with van der Waals surface area (Å²) in [6, 6.07) is 25.9. The number of ether oxygens (including phenoxy) is 7. The monoisotopic (exact) mass is 910 g/mol. The Hall–Kier alpha value is -6.17. The average molecular weight is 911 g/mol. The quantitative estimate of drug-likeness (QED) is 0.0156. The van der Waals surface area contributed by atoms with Crippen molar-refractivity contribution in [1.29, 1.82) is 0 Å². The Morgan fingerprint density at radius 2 is 1.41 bits per heavy atom. The molecule has 64 heavy (non-hydrogen) atoms. The molecule has 19 nitrogen and oxygen atoms in total. The van der Waals surface area contributed by atoms with E-state index < -0.39 is 93.6 Å². The van der Waals surface area contributed by atoms with Crippen LogP contribution >= 0.6 is 7.60 Å². The summed E-state index contributed by atoms with van der Waals surface area (Å²) in [5.74, 6) is 0.296. The van der Waals surface area contributed by atoms with Gasteiger partial charge in [-0.15, -0.1) is 0 Å². The van der Waals surface area contributed by atoms with Gasteiger partial charge in [0, 0.05) is 17.0 Å². The van der Waals surface area contributed by atoms with Gasteiger partial charge >= 0.3 is 25.6 Å². The third-order valence-corrected chi connectivity index (χ3v) is 12.1. The number of azide groups is 1. The van der Waals surface area contributed by atoms with Crippen LogP contribution in [0.3, 0.4) is 0 Å². The van der Waals surface area contributed by atoms with Gasteiger partial charge in [-0.05, 0) is 86.7 Å². The van der Waals surface area contributed by atoms with E-state index >= 15 is 4.39 Å². The van der Waals surface area contributed by atoms with Gasteiger partial charge < -0.3 is 38.5 Å². The summed E-state index contributed by atoms with van der Waals surface area (Å²) in [5, 5.41) is 7.18. The van der Waals surface area contributed by atoms with Gasteiger partial charge in [-0.1, -0.05) is 66.6 Å². The van der Waals surface area contributed by atoms with Crippen LogP contribution in [-0.4, -0.2) is 86.4 Å². The third kappa shape index (κ3) is 11.9. The number of rotatable bonds is 21. The molecule has 0 bridgehead atoms. The first-order valence-electron chi connectivity index (χ1n) is 20.2. The van der Waals surface area contributed by atoms with Crippen LogP contribution in [-0.2, 0) is 42.8 Å². The minimum absolute atomic E-state index is 0.132. The van der Waals surface area contributed by atoms with Crippen molar-refractivity contribution >= 4 is 25.7 Å². The highest BCUT2D eigenvalue weighted by molar-refractivity contribution is 7.53. The van der Waals surface area contributed by atoms with Crippen LogP contribution in [0.5, 0.6) is 11.5 Å². The van der Waals surface area contributed by atoms with Gasteiger partial charge in [0.05, 0.1) is 44.7 Å². The zero-order chi connectivity index (χ0) is 46.5. The van der Waals surface area contributed by atoms with Crippen molar-refractivity contribution in [2.24, 2.45) is 11.0 Å². The number of hydrogen-bond donors (Lipinski definition) is 1. The molecule has 1 N–H and O–H groups in total. The molecule has 4 aromatic rings. The molecular formula is C43H52FN6O13P. The Balaban J connectivity index is 1.46. The van der Waals surface area contributed by atoms with Gasteiger partial charge in [0.2, 0.25) is 13.6 Å². The second-order valence-corrected chi connectivity index (χ2v) is 17.3. The standard InChI is InChI=1S/C43H52FN6O13P/c1-28(2)61-40(52)57-26-59-64(54,60-27-58-41(53)62-29(3)4)24-22-42(25-46-49-45)30(5)37(44)38(63-42)50-23-21-36(47-39(50)51)48-43(31-11-9-8-10-12-31,32-13-17-34(55-6)18-14-32)33-15-19-35(56-7)20-16-33/h8-21,23,28-30,37-38H,22,24-27H2,1-7H3,(H,47,48,51)/t30-,37+,38+,42-/m0/s1. The van der Waals surface area contributed by atoms with Crippen molar-refractivity contribution in [1.82, 2.24) is 9.55 Å². The highest BCUT2D eigenvalue weighted by Crippen LogP contribution is 2.53. The Labute approximate surface area is 369 Å². The molecule has 344 valence electrons. The van der Waals surface area contributed by atoms with Gasteiger partial charge in [0.1, 0.15) is 22.9 Å². The minimum atomic E-state index is -4.39. The maximum atomic E-state index is 16.6. The summed E-state index contributed by atoms with van der Waals surface area (Å²) in [5.41, 5.74) is 7.94. The molecule has 21 heteroatoms. The number of hydrogen-bond acceptors (Lipinski definition) is 16. The first-order chi connectivity index (χ1) is 30.6. The van der Waals surface area contributed by atoms with Gasteiger partial charge in [0.25, 0.3) is 0 Å². The smallest absolute Gasteiger partial charge is 0.497 e. The molecule has 0 amide bonds. The number of methoxy groups -OCH3 is 2. The Bertz CT molecular complexity index is 2250. The Kier molecular flexibility index (Phi) is 16.8. The normalized spacial score (nSPS) is 18.5. The SMILES string of the molecule is COc1ccc(C(Nc2ccn([C@@H]3O[C@@](CCP(=O)(OCOC(=O)OC(C)C)OCOC(=O)OC(C)C)(CN=[N+]=[N-])[C@@H](C)[C@H]3F)c(=O)n2)(c2ccccc2)c2ccc(OC)cc2)cc1. The molecule has 0 spiro atoms. The largest absolute Gasteiger partial charge is 0.510 e. The lowest BCUT2D eigenvalue weighted by Crippen LogP contribution is -2.40. The fourth-order valence-electron chi connectivity index (χ4n) is 7.07. The third-order valence-electron chi connectivity index (χ3n) is 10.3. The van der Waals surface area contributed by atoms with Crippen molar-refractivity contribution in [3.8, 4) is 11.5 Å². The van der Waals surface area contributed by atoms with Crippen LogP contribution in [0, 0.1) is 5.92 Å². The number of halogens is 1. The molecule has 0 saturated carbocycles. The van der Waals surface area contributed by atoms with Crippen LogP contribution < -0.4 is 20.5 Å². The second kappa shape index (κ2) is 22.0. The van der Waals surface area contributed by atoms with E-state index in [2.05, 4.69) is 20.3 Å². The molecule has 1 fully saturated rings. The number of alkyl halides is 1. The number of benzene rings is 3. The van der Waals surface area contributed by atoms with E-state index in [1.165, 1.54) is 19.2 Å².